The Morgan fingerprint density at radius 3 is 2.69 bits per heavy atom. The molecular formula is C18H17F2N5O4. The number of anilines is 1. The molecule has 2 aromatic heterocycles. The van der Waals surface area contributed by atoms with Crippen molar-refractivity contribution in [3.05, 3.63) is 51.3 Å². The standard InChI is InChI=1S/C18H17F2N5O4/c1-9-6-12(17(19)20)16-10(2)23-24(18(16)21-9)8-15(26)22-13-5-4-11(25(27)28)7-14(13)29-3/h4-7,17H,8H2,1-3H3,(H,22,26). The number of nitro groups is 1. The highest BCUT2D eigenvalue weighted by atomic mass is 19.3. The van der Waals surface area contributed by atoms with Gasteiger partial charge in [0.05, 0.1) is 34.9 Å². The second kappa shape index (κ2) is 7.78. The van der Waals surface area contributed by atoms with Gasteiger partial charge >= 0.3 is 0 Å². The number of nitrogens with one attached hydrogen (secondary N) is 1. The molecular weight excluding hydrogens is 388 g/mol. The zero-order valence-electron chi connectivity index (χ0n) is 15.8. The van der Waals surface area contributed by atoms with Crippen molar-refractivity contribution >= 4 is 28.3 Å². The minimum absolute atomic E-state index is 0.114. The molecule has 0 radical (unpaired) electrons. The molecule has 0 fully saturated rings. The van der Waals surface area contributed by atoms with E-state index in [4.69, 9.17) is 4.74 Å². The van der Waals surface area contributed by atoms with Gasteiger partial charge in [-0.25, -0.2) is 18.4 Å². The lowest BCUT2D eigenvalue weighted by molar-refractivity contribution is -0.384. The predicted octanol–water partition coefficient (Wildman–Crippen LogP) is 3.54. The highest BCUT2D eigenvalue weighted by Crippen LogP contribution is 2.31. The van der Waals surface area contributed by atoms with Gasteiger partial charge in [-0.05, 0) is 26.0 Å². The van der Waals surface area contributed by atoms with Crippen LogP contribution in [0.3, 0.4) is 0 Å². The largest absolute Gasteiger partial charge is 0.494 e. The maximum atomic E-state index is 13.4. The molecule has 0 aliphatic rings. The first-order valence-corrected chi connectivity index (χ1v) is 8.46. The van der Waals surface area contributed by atoms with Crippen LogP contribution < -0.4 is 10.1 Å². The fourth-order valence-corrected chi connectivity index (χ4v) is 3.02. The lowest BCUT2D eigenvalue weighted by Crippen LogP contribution is -2.20. The van der Waals surface area contributed by atoms with E-state index in [0.717, 1.165) is 0 Å². The molecule has 0 bridgehead atoms. The Morgan fingerprint density at radius 2 is 2.07 bits per heavy atom. The van der Waals surface area contributed by atoms with E-state index >= 15 is 0 Å². The normalized spacial score (nSPS) is 11.1. The number of hydrogen-bond acceptors (Lipinski definition) is 6. The molecule has 0 spiro atoms. The van der Waals surface area contributed by atoms with Crippen molar-refractivity contribution in [1.29, 1.82) is 0 Å². The summed E-state index contributed by atoms with van der Waals surface area (Å²) in [5, 5.41) is 17.8. The van der Waals surface area contributed by atoms with E-state index in [1.807, 2.05) is 0 Å². The molecule has 3 rings (SSSR count). The maximum Gasteiger partial charge on any atom is 0.273 e. The Hall–Kier alpha value is -3.63. The summed E-state index contributed by atoms with van der Waals surface area (Å²) in [4.78, 5) is 27.0. The number of non-ortho nitro benzene ring substituents is 1. The topological polar surface area (TPSA) is 112 Å². The van der Waals surface area contributed by atoms with Crippen LogP contribution in [-0.4, -0.2) is 32.7 Å². The van der Waals surface area contributed by atoms with Crippen molar-refractivity contribution in [2.24, 2.45) is 0 Å². The minimum Gasteiger partial charge on any atom is -0.494 e. The monoisotopic (exact) mass is 405 g/mol. The van der Waals surface area contributed by atoms with Gasteiger partial charge in [-0.1, -0.05) is 0 Å². The number of fused-ring (bicyclic) bond motifs is 1. The van der Waals surface area contributed by atoms with Gasteiger partial charge < -0.3 is 10.1 Å². The van der Waals surface area contributed by atoms with E-state index in [1.54, 1.807) is 13.8 Å². The second-order valence-electron chi connectivity index (χ2n) is 6.29. The SMILES string of the molecule is COc1cc([N+](=O)[O-])ccc1NC(=O)Cn1nc(C)c2c(C(F)F)cc(C)nc21. The number of carbonyl (C=O) groups excluding carboxylic acids is 1. The number of ether oxygens (including phenoxy) is 1. The summed E-state index contributed by atoms with van der Waals surface area (Å²) in [6, 6.07) is 5.06. The smallest absolute Gasteiger partial charge is 0.273 e. The number of rotatable bonds is 6. The quantitative estimate of drug-likeness (QED) is 0.496. The van der Waals surface area contributed by atoms with Crippen LogP contribution >= 0.6 is 0 Å². The van der Waals surface area contributed by atoms with Gasteiger partial charge in [0.1, 0.15) is 12.3 Å². The van der Waals surface area contributed by atoms with Gasteiger partial charge in [0.2, 0.25) is 5.91 Å². The molecule has 3 aromatic rings. The average molecular weight is 405 g/mol. The number of amides is 1. The molecule has 0 atom stereocenters. The number of methoxy groups -OCH3 is 1. The molecule has 0 aliphatic heterocycles. The van der Waals surface area contributed by atoms with Crippen molar-refractivity contribution in [2.45, 2.75) is 26.8 Å². The van der Waals surface area contributed by atoms with Crippen LogP contribution in [0.2, 0.25) is 0 Å². The van der Waals surface area contributed by atoms with Crippen molar-refractivity contribution in [3.63, 3.8) is 0 Å². The summed E-state index contributed by atoms with van der Waals surface area (Å²) in [6.07, 6.45) is -2.70. The number of halogens is 2. The molecule has 1 amide bonds. The van der Waals surface area contributed by atoms with E-state index in [-0.39, 0.29) is 40.3 Å². The number of hydrogen-bond donors (Lipinski definition) is 1. The lowest BCUT2D eigenvalue weighted by atomic mass is 10.1. The van der Waals surface area contributed by atoms with Crippen LogP contribution in [0.25, 0.3) is 11.0 Å². The third-order valence-corrected chi connectivity index (χ3v) is 4.23. The number of nitro benzene ring substituents is 1. The predicted molar refractivity (Wildman–Crippen MR) is 100 cm³/mol. The Labute approximate surface area is 163 Å². The summed E-state index contributed by atoms with van der Waals surface area (Å²) in [7, 11) is 1.32. The summed E-state index contributed by atoms with van der Waals surface area (Å²) in [6.45, 7) is 2.86. The first kappa shape index (κ1) is 20.1. The molecule has 1 N–H and O–H groups in total. The van der Waals surface area contributed by atoms with Crippen LogP contribution in [0.5, 0.6) is 5.75 Å². The number of benzene rings is 1. The average Bonchev–Trinajstić information content (AvgIpc) is 2.96. The summed E-state index contributed by atoms with van der Waals surface area (Å²) >= 11 is 0. The molecule has 9 nitrogen and oxygen atoms in total. The number of aromatic nitrogens is 3. The van der Waals surface area contributed by atoms with Crippen LogP contribution in [-0.2, 0) is 11.3 Å². The van der Waals surface area contributed by atoms with Crippen LogP contribution in [0.4, 0.5) is 20.2 Å². The van der Waals surface area contributed by atoms with Gasteiger partial charge in [0.15, 0.2) is 5.65 Å². The number of nitrogens with zero attached hydrogens (tertiary/aromatic N) is 4. The van der Waals surface area contributed by atoms with Gasteiger partial charge in [-0.15, -0.1) is 0 Å². The summed E-state index contributed by atoms with van der Waals surface area (Å²) in [5.41, 5.74) is 0.758. The van der Waals surface area contributed by atoms with Gasteiger partial charge in [-0.3, -0.25) is 14.9 Å². The minimum atomic E-state index is -2.70. The third-order valence-electron chi connectivity index (χ3n) is 4.23. The Morgan fingerprint density at radius 1 is 1.34 bits per heavy atom. The molecule has 0 unspecified atom stereocenters. The molecule has 0 aliphatic carbocycles. The van der Waals surface area contributed by atoms with E-state index in [0.29, 0.717) is 11.4 Å². The zero-order chi connectivity index (χ0) is 21.3. The summed E-state index contributed by atoms with van der Waals surface area (Å²) in [5.74, 6) is -0.411. The van der Waals surface area contributed by atoms with E-state index in [2.05, 4.69) is 15.4 Å². The molecule has 1 aromatic carbocycles. The van der Waals surface area contributed by atoms with E-state index < -0.39 is 17.3 Å². The first-order chi connectivity index (χ1) is 13.7. The van der Waals surface area contributed by atoms with Crippen molar-refractivity contribution < 1.29 is 23.2 Å². The first-order valence-electron chi connectivity index (χ1n) is 8.46. The Balaban J connectivity index is 1.90. The maximum absolute atomic E-state index is 13.4. The van der Waals surface area contributed by atoms with Crippen molar-refractivity contribution in [2.75, 3.05) is 12.4 Å². The third kappa shape index (κ3) is 3.98. The molecule has 0 saturated carbocycles. The molecule has 0 saturated heterocycles. The van der Waals surface area contributed by atoms with Crippen molar-refractivity contribution in [3.8, 4) is 5.75 Å². The lowest BCUT2D eigenvalue weighted by Gasteiger charge is -2.10. The van der Waals surface area contributed by atoms with Crippen LogP contribution in [0.15, 0.2) is 24.3 Å². The molecule has 2 heterocycles. The number of aryl methyl sites for hydroxylation is 2. The molecule has 152 valence electrons. The van der Waals surface area contributed by atoms with Crippen LogP contribution in [0.1, 0.15) is 23.4 Å². The van der Waals surface area contributed by atoms with Gasteiger partial charge in [0, 0.05) is 17.3 Å². The summed E-state index contributed by atoms with van der Waals surface area (Å²) < 4.78 is 33.1. The highest BCUT2D eigenvalue weighted by molar-refractivity contribution is 5.93. The molecule has 29 heavy (non-hydrogen) atoms. The van der Waals surface area contributed by atoms with E-state index in [9.17, 15) is 23.7 Å². The Bertz CT molecular complexity index is 1110. The number of carbonyl (C=O) groups is 1. The van der Waals surface area contributed by atoms with Crippen LogP contribution in [0, 0.1) is 24.0 Å². The fourth-order valence-electron chi connectivity index (χ4n) is 3.02. The fraction of sp³-hybridized carbons (Fsp3) is 0.278. The number of alkyl halides is 2. The van der Waals surface area contributed by atoms with Gasteiger partial charge in [0.25, 0.3) is 12.1 Å². The molecule has 11 heteroatoms. The number of pyridine rings is 1. The zero-order valence-corrected chi connectivity index (χ0v) is 15.8. The van der Waals surface area contributed by atoms with Gasteiger partial charge in [-0.2, -0.15) is 5.10 Å². The highest BCUT2D eigenvalue weighted by Gasteiger charge is 2.21. The van der Waals surface area contributed by atoms with Crippen molar-refractivity contribution in [1.82, 2.24) is 14.8 Å². The Kier molecular flexibility index (Phi) is 5.39. The second-order valence-corrected chi connectivity index (χ2v) is 6.29. The van der Waals surface area contributed by atoms with E-state index in [1.165, 1.54) is 36.1 Å².